The average molecular weight is 1330 g/mol. The second kappa shape index (κ2) is 25.5. The zero-order valence-electron chi connectivity index (χ0n) is 63.1. The highest BCUT2D eigenvalue weighted by Crippen LogP contribution is 2.56. The van der Waals surface area contributed by atoms with Gasteiger partial charge in [-0.25, -0.2) is 8.78 Å². The Morgan fingerprint density at radius 3 is 0.861 bits per heavy atom. The van der Waals surface area contributed by atoms with Crippen molar-refractivity contribution in [1.82, 2.24) is 0 Å². The Morgan fingerprint density at radius 2 is 0.574 bits per heavy atom. The maximum atomic E-state index is 15.9. The van der Waals surface area contributed by atoms with Crippen LogP contribution in [-0.4, -0.2) is 6.71 Å². The first-order valence-corrected chi connectivity index (χ1v) is 37.1. The van der Waals surface area contributed by atoms with Crippen molar-refractivity contribution in [2.45, 2.75) is 195 Å². The summed E-state index contributed by atoms with van der Waals surface area (Å²) in [4.78, 5) is 5.36. The molecule has 0 N–H and O–H groups in total. The van der Waals surface area contributed by atoms with Crippen molar-refractivity contribution in [3.63, 3.8) is 0 Å². The first kappa shape index (κ1) is 69.0. The van der Waals surface area contributed by atoms with E-state index in [1.807, 2.05) is 24.3 Å². The van der Waals surface area contributed by atoms with Crippen LogP contribution in [0.2, 0.25) is 0 Å². The molecule has 3 aliphatic rings. The molecule has 0 spiro atoms. The summed E-state index contributed by atoms with van der Waals surface area (Å²) in [6.07, 6.45) is 5.74. The van der Waals surface area contributed by atoms with E-state index in [0.29, 0.717) is 5.92 Å². The molecule has 0 bridgehead atoms. The molecule has 2 aliphatic heterocycles. The fourth-order valence-corrected chi connectivity index (χ4v) is 16.0. The predicted molar refractivity (Wildman–Crippen MR) is 431 cm³/mol. The number of hydrogen-bond donors (Lipinski definition) is 0. The van der Waals surface area contributed by atoms with Crippen molar-refractivity contribution in [2.75, 3.05) is 9.80 Å². The predicted octanol–water partition coefficient (Wildman–Crippen LogP) is 25.9. The maximum Gasteiger partial charge on any atom is 0.252 e. The molecule has 5 heteroatoms. The van der Waals surface area contributed by atoms with Crippen LogP contribution in [0.15, 0.2) is 218 Å². The smallest absolute Gasteiger partial charge is 0.252 e. The van der Waals surface area contributed by atoms with Crippen molar-refractivity contribution in [3.05, 3.63) is 269 Å². The van der Waals surface area contributed by atoms with Crippen molar-refractivity contribution >= 4 is 57.2 Å². The van der Waals surface area contributed by atoms with Crippen molar-refractivity contribution in [1.29, 1.82) is 0 Å². The molecule has 0 saturated heterocycles. The van der Waals surface area contributed by atoms with Crippen LogP contribution in [0.4, 0.5) is 42.9 Å². The minimum Gasteiger partial charge on any atom is -0.310 e. The summed E-state index contributed by atoms with van der Waals surface area (Å²) in [5.74, 6) is -0.261. The summed E-state index contributed by atoms with van der Waals surface area (Å²) in [5.41, 5.74) is 30.8. The molecule has 0 atom stereocenters. The van der Waals surface area contributed by atoms with Crippen LogP contribution in [0, 0.1) is 11.6 Å². The first-order valence-electron chi connectivity index (χ1n) is 37.1. The summed E-state index contributed by atoms with van der Waals surface area (Å²) in [5, 5.41) is 0. The minimum absolute atomic E-state index is 0.0668. The monoisotopic (exact) mass is 1330 g/mol. The molecule has 2 nitrogen and oxygen atoms in total. The van der Waals surface area contributed by atoms with Crippen LogP contribution in [-0.2, 0) is 32.5 Å². The molecule has 2 heterocycles. The van der Waals surface area contributed by atoms with Gasteiger partial charge in [-0.1, -0.05) is 289 Å². The highest BCUT2D eigenvalue weighted by atomic mass is 19.1. The van der Waals surface area contributed by atoms with Crippen molar-refractivity contribution < 1.29 is 8.78 Å². The Morgan fingerprint density at radius 1 is 0.287 bits per heavy atom. The first-order chi connectivity index (χ1) is 47.7. The lowest BCUT2D eigenvalue weighted by molar-refractivity contribution is 0.444. The van der Waals surface area contributed by atoms with Gasteiger partial charge in [0.15, 0.2) is 0 Å². The Bertz CT molecular complexity index is 4510. The van der Waals surface area contributed by atoms with Gasteiger partial charge in [0.2, 0.25) is 0 Å². The number of nitrogens with zero attached hydrogens (tertiary/aromatic N) is 2. The van der Waals surface area contributed by atoms with Gasteiger partial charge in [0, 0.05) is 45.0 Å². The summed E-state index contributed by atoms with van der Waals surface area (Å²) < 4.78 is 31.8. The Kier molecular flexibility index (Phi) is 17.4. The minimum atomic E-state index is -0.365. The third-order valence-electron chi connectivity index (χ3n) is 22.1. The van der Waals surface area contributed by atoms with E-state index in [0.717, 1.165) is 125 Å². The molecular weight excluding hydrogens is 1230 g/mol. The summed E-state index contributed by atoms with van der Waals surface area (Å²) in [6, 6.07) is 80.9. The average Bonchev–Trinajstić information content (AvgIpc) is 0.686. The third-order valence-corrected chi connectivity index (χ3v) is 22.1. The van der Waals surface area contributed by atoms with E-state index < -0.39 is 0 Å². The second-order valence-electron chi connectivity index (χ2n) is 35.6. The molecule has 1 saturated carbocycles. The molecule has 512 valence electrons. The van der Waals surface area contributed by atoms with Crippen LogP contribution < -0.4 is 26.2 Å². The van der Waals surface area contributed by atoms with E-state index >= 15 is 8.78 Å². The number of hydrogen-bond acceptors (Lipinski definition) is 2. The van der Waals surface area contributed by atoms with E-state index in [9.17, 15) is 0 Å². The topological polar surface area (TPSA) is 6.48 Å². The van der Waals surface area contributed by atoms with Crippen molar-refractivity contribution in [2.24, 2.45) is 0 Å². The standard InChI is InChI=1S/C96H101BF2N2/c1-91(2,3)70-40-30-61(31-41-70)78-56-74(95(13,14)15)57-79(62-32-42-71(43-33-62)92(4,5)6)89(78)100-84-48-38-67(65-26-22-28-76(98)50-65)52-82(84)97-83-53-68(66-27-23-29-77(99)51-66)39-49-85(83)101(87-55-69(54-86(100)88(87)97)60-24-20-19-21-25-60)90-80(63-34-44-72(45-35-63)93(7,8)9)58-75(96(16,17)18)59-81(90)64-36-46-73(47-37-64)94(10,11)12/h22-23,26-60H,19-21,24-25H2,1-18H3. The van der Waals surface area contributed by atoms with Gasteiger partial charge in [0.25, 0.3) is 6.71 Å². The molecule has 0 amide bonds. The SMILES string of the molecule is CC(C)(C)c1ccc(-c2cc(C(C)(C)C)cc(-c3ccc(C(C)(C)C)cc3)c2N2c3ccc(-c4cccc(F)c4)cc3B3c4cc(-c5cccc(F)c5)ccc4N(c4c(-c5ccc(C(C)(C)C)cc5)cc(C(C)(C)C)cc4-c4ccc(C(C)(C)C)cc4)c4cc(C5CCCCC5)cc2c43)cc1. The number of anilines is 6. The van der Waals surface area contributed by atoms with Gasteiger partial charge in [0.1, 0.15) is 11.6 Å². The van der Waals surface area contributed by atoms with E-state index in [1.54, 1.807) is 12.1 Å². The Balaban J connectivity index is 1.19. The Labute approximate surface area is 603 Å². The van der Waals surface area contributed by atoms with Gasteiger partial charge >= 0.3 is 0 Å². The quantitative estimate of drug-likeness (QED) is 0.133. The van der Waals surface area contributed by atoms with E-state index in [4.69, 9.17) is 0 Å². The molecule has 101 heavy (non-hydrogen) atoms. The molecule has 14 rings (SSSR count). The zero-order chi connectivity index (χ0) is 71.6. The highest BCUT2D eigenvalue weighted by Gasteiger charge is 2.47. The summed E-state index contributed by atoms with van der Waals surface area (Å²) in [6.45, 7) is 41.3. The van der Waals surface area contributed by atoms with Crippen LogP contribution in [0.5, 0.6) is 0 Å². The third kappa shape index (κ3) is 13.3. The van der Waals surface area contributed by atoms with E-state index in [1.165, 1.54) is 75.8 Å². The highest BCUT2D eigenvalue weighted by molar-refractivity contribution is 7.00. The van der Waals surface area contributed by atoms with Crippen LogP contribution >= 0.6 is 0 Å². The van der Waals surface area contributed by atoms with Crippen molar-refractivity contribution in [3.8, 4) is 66.8 Å². The van der Waals surface area contributed by atoms with Gasteiger partial charge in [-0.2, -0.15) is 0 Å². The Hall–Kier alpha value is -9.06. The summed E-state index contributed by atoms with van der Waals surface area (Å²) >= 11 is 0. The second-order valence-corrected chi connectivity index (χ2v) is 35.6. The zero-order valence-corrected chi connectivity index (χ0v) is 63.1. The molecule has 1 aliphatic carbocycles. The van der Waals surface area contributed by atoms with E-state index in [2.05, 4.69) is 304 Å². The van der Waals surface area contributed by atoms with Crippen LogP contribution in [0.1, 0.15) is 202 Å². The molecule has 11 aromatic rings. The van der Waals surface area contributed by atoms with Crippen LogP contribution in [0.3, 0.4) is 0 Å². The van der Waals surface area contributed by atoms with E-state index in [-0.39, 0.29) is 50.8 Å². The fraction of sp³-hybridized carbons (Fsp3) is 0.312. The maximum absolute atomic E-state index is 15.9. The fourth-order valence-electron chi connectivity index (χ4n) is 16.0. The lowest BCUT2D eigenvalue weighted by Crippen LogP contribution is -2.61. The van der Waals surface area contributed by atoms with Crippen LogP contribution in [0.25, 0.3) is 66.8 Å². The summed E-state index contributed by atoms with van der Waals surface area (Å²) in [7, 11) is 0. The number of halogens is 2. The number of fused-ring (bicyclic) bond motifs is 4. The molecule has 1 fully saturated rings. The van der Waals surface area contributed by atoms with Gasteiger partial charge in [0.05, 0.1) is 11.4 Å². The lowest BCUT2D eigenvalue weighted by atomic mass is 9.33. The van der Waals surface area contributed by atoms with Gasteiger partial charge < -0.3 is 9.80 Å². The van der Waals surface area contributed by atoms with Gasteiger partial charge in [-0.15, -0.1) is 0 Å². The normalized spacial score (nSPS) is 14.4. The number of rotatable bonds is 9. The number of benzene rings is 11. The molecule has 0 aromatic heterocycles. The largest absolute Gasteiger partial charge is 0.310 e. The molecular formula is C96H101BF2N2. The lowest BCUT2D eigenvalue weighted by Gasteiger charge is -2.46. The molecule has 11 aromatic carbocycles. The van der Waals surface area contributed by atoms with Gasteiger partial charge in [-0.3, -0.25) is 0 Å². The van der Waals surface area contributed by atoms with Gasteiger partial charge in [-0.05, 0) is 224 Å². The molecule has 0 radical (unpaired) electrons. The molecule has 0 unspecified atom stereocenters.